The maximum Gasteiger partial charge on any atom is 0.312 e. The number of carboxylic acids is 1. The topological polar surface area (TPSA) is 57.6 Å². The van der Waals surface area contributed by atoms with Gasteiger partial charge in [-0.05, 0) is 42.0 Å². The molecule has 0 radical (unpaired) electrons. The summed E-state index contributed by atoms with van der Waals surface area (Å²) >= 11 is 1.58. The number of carboxylic acid groups (broad SMARTS) is 1. The lowest BCUT2D eigenvalue weighted by Gasteiger charge is -2.32. The fraction of sp³-hybridized carbons (Fsp3) is 0.333. The third-order valence-corrected chi connectivity index (χ3v) is 5.96. The van der Waals surface area contributed by atoms with E-state index in [4.69, 9.17) is 0 Å². The zero-order valence-corrected chi connectivity index (χ0v) is 13.4. The van der Waals surface area contributed by atoms with E-state index in [0.717, 1.165) is 28.8 Å². The van der Waals surface area contributed by atoms with Gasteiger partial charge in [0.25, 0.3) is 5.91 Å². The number of thiophene rings is 1. The fourth-order valence-electron chi connectivity index (χ4n) is 3.56. The Morgan fingerprint density at radius 2 is 2.00 bits per heavy atom. The van der Waals surface area contributed by atoms with Gasteiger partial charge in [-0.1, -0.05) is 24.3 Å². The largest absolute Gasteiger partial charge is 0.481 e. The van der Waals surface area contributed by atoms with Gasteiger partial charge in [-0.2, -0.15) is 0 Å². The molecule has 4 rings (SSSR count). The normalized spacial score (nSPS) is 19.3. The Balaban J connectivity index is 1.64. The summed E-state index contributed by atoms with van der Waals surface area (Å²) in [5, 5.41) is 9.52. The number of benzene rings is 1. The molecule has 0 saturated carbocycles. The number of carbonyl (C=O) groups is 2. The SMILES string of the molecule is O=C(O)C1CN(C(=O)c2cc3c(s2)CCC3)Cc2ccccc21. The van der Waals surface area contributed by atoms with Crippen molar-refractivity contribution >= 4 is 23.2 Å². The van der Waals surface area contributed by atoms with Crippen molar-refractivity contribution in [2.24, 2.45) is 0 Å². The van der Waals surface area contributed by atoms with Crippen LogP contribution in [0.25, 0.3) is 0 Å². The van der Waals surface area contributed by atoms with Crippen LogP contribution < -0.4 is 0 Å². The van der Waals surface area contributed by atoms with Gasteiger partial charge >= 0.3 is 5.97 Å². The van der Waals surface area contributed by atoms with Crippen LogP contribution in [0.4, 0.5) is 0 Å². The molecule has 5 heteroatoms. The maximum atomic E-state index is 12.8. The molecule has 0 saturated heterocycles. The average molecular weight is 327 g/mol. The average Bonchev–Trinajstić information content (AvgIpc) is 3.14. The van der Waals surface area contributed by atoms with Gasteiger partial charge in [0.15, 0.2) is 0 Å². The molecule has 2 aromatic rings. The quantitative estimate of drug-likeness (QED) is 0.922. The molecule has 4 nitrogen and oxygen atoms in total. The molecule has 1 aromatic heterocycles. The summed E-state index contributed by atoms with van der Waals surface area (Å²) in [4.78, 5) is 28.2. The number of aliphatic carboxylic acids is 1. The van der Waals surface area contributed by atoms with E-state index >= 15 is 0 Å². The van der Waals surface area contributed by atoms with Crippen molar-refractivity contribution < 1.29 is 14.7 Å². The molecular weight excluding hydrogens is 310 g/mol. The predicted octanol–water partition coefficient (Wildman–Crippen LogP) is 3.06. The van der Waals surface area contributed by atoms with Crippen LogP contribution in [0.15, 0.2) is 30.3 Å². The summed E-state index contributed by atoms with van der Waals surface area (Å²) in [5.74, 6) is -1.55. The lowest BCUT2D eigenvalue weighted by atomic mass is 9.89. The Bertz CT molecular complexity index is 774. The molecule has 1 aliphatic heterocycles. The molecule has 23 heavy (non-hydrogen) atoms. The van der Waals surface area contributed by atoms with Gasteiger partial charge in [-0.3, -0.25) is 9.59 Å². The molecule has 2 aliphatic rings. The van der Waals surface area contributed by atoms with Crippen LogP contribution in [0.5, 0.6) is 0 Å². The number of hydrogen-bond acceptors (Lipinski definition) is 3. The van der Waals surface area contributed by atoms with Gasteiger partial charge in [0.2, 0.25) is 0 Å². The minimum Gasteiger partial charge on any atom is -0.481 e. The molecule has 1 unspecified atom stereocenters. The third kappa shape index (κ3) is 2.45. The van der Waals surface area contributed by atoms with Gasteiger partial charge in [-0.15, -0.1) is 11.3 Å². The number of fused-ring (bicyclic) bond motifs is 2. The molecular formula is C18H17NO3S. The summed E-state index contributed by atoms with van der Waals surface area (Å²) in [6.45, 7) is 0.731. The first-order chi connectivity index (χ1) is 11.1. The number of nitrogens with zero attached hydrogens (tertiary/aromatic N) is 1. The van der Waals surface area contributed by atoms with Crippen molar-refractivity contribution in [3.8, 4) is 0 Å². The maximum absolute atomic E-state index is 12.8. The van der Waals surface area contributed by atoms with Crippen LogP contribution in [0.1, 0.15) is 43.6 Å². The van der Waals surface area contributed by atoms with Crippen molar-refractivity contribution in [1.82, 2.24) is 4.90 Å². The third-order valence-electron chi connectivity index (χ3n) is 4.74. The van der Waals surface area contributed by atoms with Gasteiger partial charge < -0.3 is 10.0 Å². The number of amides is 1. The molecule has 2 heterocycles. The summed E-state index contributed by atoms with van der Waals surface area (Å²) in [6.07, 6.45) is 3.29. The number of carbonyl (C=O) groups excluding carboxylic acids is 1. The van der Waals surface area contributed by atoms with Crippen LogP contribution >= 0.6 is 11.3 Å². The summed E-state index contributed by atoms with van der Waals surface area (Å²) in [6, 6.07) is 9.53. The number of rotatable bonds is 2. The molecule has 0 spiro atoms. The van der Waals surface area contributed by atoms with Crippen LogP contribution in [0.3, 0.4) is 0 Å². The second kappa shape index (κ2) is 5.49. The van der Waals surface area contributed by atoms with Crippen molar-refractivity contribution in [3.05, 3.63) is 56.8 Å². The van der Waals surface area contributed by atoms with E-state index in [9.17, 15) is 14.7 Å². The summed E-state index contributed by atoms with van der Waals surface area (Å²) in [7, 11) is 0. The highest BCUT2D eigenvalue weighted by Gasteiger charge is 2.33. The minimum atomic E-state index is -0.872. The van der Waals surface area contributed by atoms with Crippen molar-refractivity contribution in [2.75, 3.05) is 6.54 Å². The monoisotopic (exact) mass is 327 g/mol. The Morgan fingerprint density at radius 1 is 1.17 bits per heavy atom. The van der Waals surface area contributed by atoms with Crippen LogP contribution in [0.2, 0.25) is 0 Å². The minimum absolute atomic E-state index is 0.0369. The number of aryl methyl sites for hydroxylation is 2. The first kappa shape index (κ1) is 14.5. The standard InChI is InChI=1S/C18H17NO3S/c20-17(16-8-11-5-3-7-15(11)23-16)19-9-12-4-1-2-6-13(12)14(10-19)18(21)22/h1-2,4,6,8,14H,3,5,7,9-10H2,(H,21,22). The number of hydrogen-bond donors (Lipinski definition) is 1. The molecule has 1 aromatic carbocycles. The van der Waals surface area contributed by atoms with E-state index in [0.29, 0.717) is 6.54 Å². The molecule has 0 bridgehead atoms. The Hall–Kier alpha value is -2.14. The van der Waals surface area contributed by atoms with E-state index in [1.165, 1.54) is 16.9 Å². The van der Waals surface area contributed by atoms with Crippen LogP contribution in [-0.4, -0.2) is 28.4 Å². The van der Waals surface area contributed by atoms with Crippen LogP contribution in [-0.2, 0) is 24.2 Å². The Kier molecular flexibility index (Phi) is 3.45. The van der Waals surface area contributed by atoms with Crippen molar-refractivity contribution in [1.29, 1.82) is 0 Å². The highest BCUT2D eigenvalue weighted by atomic mass is 32.1. The molecule has 1 atom stereocenters. The van der Waals surface area contributed by atoms with E-state index < -0.39 is 11.9 Å². The summed E-state index contributed by atoms with van der Waals surface area (Å²) < 4.78 is 0. The van der Waals surface area contributed by atoms with Gasteiger partial charge in [0, 0.05) is 18.0 Å². The first-order valence-corrected chi connectivity index (χ1v) is 8.66. The van der Waals surface area contributed by atoms with Crippen LogP contribution in [0, 0.1) is 0 Å². The smallest absolute Gasteiger partial charge is 0.312 e. The second-order valence-electron chi connectivity index (χ2n) is 6.19. The van der Waals surface area contributed by atoms with Gasteiger partial charge in [0.1, 0.15) is 0 Å². The lowest BCUT2D eigenvalue weighted by molar-refractivity contribution is -0.139. The van der Waals surface area contributed by atoms with E-state index in [1.54, 1.807) is 16.2 Å². The second-order valence-corrected chi connectivity index (χ2v) is 7.32. The van der Waals surface area contributed by atoms with Crippen molar-refractivity contribution in [3.63, 3.8) is 0 Å². The lowest BCUT2D eigenvalue weighted by Crippen LogP contribution is -2.40. The molecule has 1 N–H and O–H groups in total. The zero-order valence-electron chi connectivity index (χ0n) is 12.6. The zero-order chi connectivity index (χ0) is 16.0. The van der Waals surface area contributed by atoms with E-state index in [2.05, 4.69) is 0 Å². The molecule has 0 fully saturated rings. The fourth-order valence-corrected chi connectivity index (χ4v) is 4.78. The molecule has 1 amide bonds. The molecule has 118 valence electrons. The highest BCUT2D eigenvalue weighted by molar-refractivity contribution is 7.14. The predicted molar refractivity (Wildman–Crippen MR) is 87.9 cm³/mol. The Labute approximate surface area is 138 Å². The summed E-state index contributed by atoms with van der Waals surface area (Å²) in [5.41, 5.74) is 3.06. The van der Waals surface area contributed by atoms with Gasteiger partial charge in [0.05, 0.1) is 10.8 Å². The van der Waals surface area contributed by atoms with Gasteiger partial charge in [-0.25, -0.2) is 0 Å². The van der Waals surface area contributed by atoms with Crippen molar-refractivity contribution in [2.45, 2.75) is 31.7 Å². The molecule has 1 aliphatic carbocycles. The van der Waals surface area contributed by atoms with E-state index in [1.807, 2.05) is 30.3 Å². The van der Waals surface area contributed by atoms with E-state index in [-0.39, 0.29) is 12.5 Å². The highest BCUT2D eigenvalue weighted by Crippen LogP contribution is 2.34. The Morgan fingerprint density at radius 3 is 2.78 bits per heavy atom. The first-order valence-electron chi connectivity index (χ1n) is 7.85.